The maximum absolute atomic E-state index is 4.60. The first kappa shape index (κ1) is 11.1. The van der Waals surface area contributed by atoms with Gasteiger partial charge in [-0.15, -0.1) is 5.10 Å². The van der Waals surface area contributed by atoms with Gasteiger partial charge in [0.25, 0.3) is 0 Å². The fourth-order valence-corrected chi connectivity index (χ4v) is 3.03. The quantitative estimate of drug-likeness (QED) is 0.761. The van der Waals surface area contributed by atoms with Gasteiger partial charge < -0.3 is 0 Å². The number of hydrogen-bond acceptors (Lipinski definition) is 3. The van der Waals surface area contributed by atoms with E-state index < -0.39 is 0 Å². The van der Waals surface area contributed by atoms with Crippen molar-refractivity contribution in [2.45, 2.75) is 43.2 Å². The molecule has 0 N–H and O–H groups in total. The van der Waals surface area contributed by atoms with Crippen LogP contribution in [-0.2, 0) is 0 Å². The Morgan fingerprint density at radius 1 is 1.24 bits per heavy atom. The lowest BCUT2D eigenvalue weighted by molar-refractivity contribution is 0.430. The van der Waals surface area contributed by atoms with Crippen molar-refractivity contribution < 1.29 is 0 Å². The third kappa shape index (κ3) is 2.06. The summed E-state index contributed by atoms with van der Waals surface area (Å²) in [5, 5.41) is 5.45. The zero-order chi connectivity index (χ0) is 11.7. The van der Waals surface area contributed by atoms with Crippen LogP contribution in [0.3, 0.4) is 0 Å². The lowest BCUT2D eigenvalue weighted by Crippen LogP contribution is -2.09. The second kappa shape index (κ2) is 4.69. The van der Waals surface area contributed by atoms with Gasteiger partial charge in [0.05, 0.1) is 11.7 Å². The molecule has 1 aliphatic rings. The molecule has 0 atom stereocenters. The van der Waals surface area contributed by atoms with E-state index in [1.807, 2.05) is 12.5 Å². The molecule has 0 unspecified atom stereocenters. The van der Waals surface area contributed by atoms with Crippen molar-refractivity contribution in [2.24, 2.45) is 0 Å². The molecule has 0 bridgehead atoms. The number of thioether (sulfide) groups is 1. The fraction of sp³-hybridized carbons (Fsp3) is 0.538. The molecule has 0 spiro atoms. The highest BCUT2D eigenvalue weighted by molar-refractivity contribution is 7.98. The second-order valence-corrected chi connectivity index (χ2v) is 5.45. The lowest BCUT2D eigenvalue weighted by atomic mass is 9.87. The number of fused-ring (bicyclic) bond motifs is 1. The third-order valence-corrected chi connectivity index (χ3v) is 4.17. The summed E-state index contributed by atoms with van der Waals surface area (Å²) >= 11 is 1.60. The van der Waals surface area contributed by atoms with Crippen LogP contribution in [0, 0.1) is 0 Å². The Balaban J connectivity index is 2.02. The Morgan fingerprint density at radius 3 is 2.82 bits per heavy atom. The van der Waals surface area contributed by atoms with Crippen LogP contribution in [0.2, 0.25) is 0 Å². The van der Waals surface area contributed by atoms with E-state index in [-0.39, 0.29) is 0 Å². The van der Waals surface area contributed by atoms with Crippen LogP contribution in [0.1, 0.15) is 43.7 Å². The summed E-state index contributed by atoms with van der Waals surface area (Å²) in [5.41, 5.74) is 2.49. The van der Waals surface area contributed by atoms with Crippen molar-refractivity contribution in [3.8, 4) is 0 Å². The van der Waals surface area contributed by atoms with Gasteiger partial charge >= 0.3 is 0 Å². The van der Waals surface area contributed by atoms with Gasteiger partial charge in [-0.05, 0) is 31.2 Å². The van der Waals surface area contributed by atoms with E-state index in [4.69, 9.17) is 0 Å². The topological polar surface area (TPSA) is 30.2 Å². The Labute approximate surface area is 106 Å². The molecule has 2 aromatic heterocycles. The molecule has 0 amide bonds. The minimum absolute atomic E-state index is 0.691. The normalized spacial score (nSPS) is 17.7. The Kier molecular flexibility index (Phi) is 3.05. The molecule has 0 aliphatic heterocycles. The zero-order valence-corrected chi connectivity index (χ0v) is 10.9. The van der Waals surface area contributed by atoms with E-state index >= 15 is 0 Å². The molecule has 3 rings (SSSR count). The van der Waals surface area contributed by atoms with Crippen LogP contribution >= 0.6 is 11.8 Å². The molecule has 3 nitrogen and oxygen atoms in total. The van der Waals surface area contributed by atoms with Crippen molar-refractivity contribution in [3.63, 3.8) is 0 Å². The molecule has 0 saturated heterocycles. The molecular formula is C13H17N3S. The molecule has 2 heterocycles. The highest BCUT2D eigenvalue weighted by atomic mass is 32.2. The summed E-state index contributed by atoms with van der Waals surface area (Å²) < 4.78 is 2.09. The monoisotopic (exact) mass is 247 g/mol. The molecular weight excluding hydrogens is 230 g/mol. The average Bonchev–Trinajstić information content (AvgIpc) is 2.82. The van der Waals surface area contributed by atoms with Crippen LogP contribution in [0.5, 0.6) is 0 Å². The van der Waals surface area contributed by atoms with E-state index in [2.05, 4.69) is 26.7 Å². The van der Waals surface area contributed by atoms with E-state index in [9.17, 15) is 0 Å². The van der Waals surface area contributed by atoms with Gasteiger partial charge in [0.15, 0.2) is 0 Å². The van der Waals surface area contributed by atoms with E-state index in [1.54, 1.807) is 11.8 Å². The van der Waals surface area contributed by atoms with Crippen LogP contribution in [0.4, 0.5) is 0 Å². The van der Waals surface area contributed by atoms with Crippen molar-refractivity contribution in [1.82, 2.24) is 14.6 Å². The summed E-state index contributed by atoms with van der Waals surface area (Å²) in [6.07, 6.45) is 10.7. The van der Waals surface area contributed by atoms with E-state index in [1.165, 1.54) is 37.8 Å². The maximum atomic E-state index is 4.60. The maximum Gasteiger partial charge on any atom is 0.207 e. The Morgan fingerprint density at radius 2 is 2.06 bits per heavy atom. The van der Waals surface area contributed by atoms with Gasteiger partial charge in [0, 0.05) is 11.6 Å². The van der Waals surface area contributed by atoms with Gasteiger partial charge in [-0.3, -0.25) is 0 Å². The Hall–Kier alpha value is -1.03. The molecule has 0 aromatic carbocycles. The van der Waals surface area contributed by atoms with Crippen LogP contribution in [-0.4, -0.2) is 20.9 Å². The first-order valence-electron chi connectivity index (χ1n) is 6.27. The molecule has 17 heavy (non-hydrogen) atoms. The number of nitrogens with zero attached hydrogens (tertiary/aromatic N) is 3. The summed E-state index contributed by atoms with van der Waals surface area (Å²) in [4.78, 5) is 4.31. The highest BCUT2D eigenvalue weighted by Crippen LogP contribution is 2.33. The SMILES string of the molecule is CSc1ncc2ccc(C3CCCCC3)n2n1. The second-order valence-electron chi connectivity index (χ2n) is 4.67. The third-order valence-electron chi connectivity index (χ3n) is 3.61. The summed E-state index contributed by atoms with van der Waals surface area (Å²) in [6, 6.07) is 4.36. The smallest absolute Gasteiger partial charge is 0.207 e. The standard InChI is InChI=1S/C13H17N3S/c1-17-13-14-9-11-7-8-12(16(11)15-13)10-5-3-2-4-6-10/h7-10H,2-6H2,1H3. The summed E-state index contributed by atoms with van der Waals surface area (Å²) in [5.74, 6) is 0.691. The molecule has 2 aromatic rings. The van der Waals surface area contributed by atoms with Crippen molar-refractivity contribution in [3.05, 3.63) is 24.0 Å². The van der Waals surface area contributed by atoms with Crippen molar-refractivity contribution >= 4 is 17.3 Å². The fourth-order valence-electron chi connectivity index (χ4n) is 2.71. The van der Waals surface area contributed by atoms with Crippen LogP contribution in [0.25, 0.3) is 5.52 Å². The minimum atomic E-state index is 0.691. The van der Waals surface area contributed by atoms with Crippen molar-refractivity contribution in [2.75, 3.05) is 6.26 Å². The molecule has 1 aliphatic carbocycles. The summed E-state index contributed by atoms with van der Waals surface area (Å²) in [6.45, 7) is 0. The predicted octanol–water partition coefficient (Wildman–Crippen LogP) is 3.50. The minimum Gasteiger partial charge on any atom is -0.233 e. The van der Waals surface area contributed by atoms with Crippen LogP contribution < -0.4 is 0 Å². The van der Waals surface area contributed by atoms with Gasteiger partial charge in [-0.1, -0.05) is 31.0 Å². The predicted molar refractivity (Wildman–Crippen MR) is 70.6 cm³/mol. The number of aromatic nitrogens is 3. The average molecular weight is 247 g/mol. The molecule has 1 saturated carbocycles. The highest BCUT2D eigenvalue weighted by Gasteiger charge is 2.19. The van der Waals surface area contributed by atoms with E-state index in [0.29, 0.717) is 5.92 Å². The van der Waals surface area contributed by atoms with Crippen molar-refractivity contribution in [1.29, 1.82) is 0 Å². The van der Waals surface area contributed by atoms with Gasteiger partial charge in [0.2, 0.25) is 5.16 Å². The van der Waals surface area contributed by atoms with Gasteiger partial charge in [-0.2, -0.15) is 0 Å². The summed E-state index contributed by atoms with van der Waals surface area (Å²) in [7, 11) is 0. The molecule has 4 heteroatoms. The molecule has 90 valence electrons. The Bertz CT molecular complexity index is 514. The largest absolute Gasteiger partial charge is 0.233 e. The first-order chi connectivity index (χ1) is 8.38. The lowest BCUT2D eigenvalue weighted by Gasteiger charge is -2.21. The number of hydrogen-bond donors (Lipinski definition) is 0. The van der Waals surface area contributed by atoms with Gasteiger partial charge in [0.1, 0.15) is 0 Å². The molecule has 1 fully saturated rings. The zero-order valence-electron chi connectivity index (χ0n) is 10.1. The van der Waals surface area contributed by atoms with E-state index in [0.717, 1.165) is 10.7 Å². The number of rotatable bonds is 2. The van der Waals surface area contributed by atoms with Gasteiger partial charge in [-0.25, -0.2) is 9.50 Å². The van der Waals surface area contributed by atoms with Crippen LogP contribution in [0.15, 0.2) is 23.5 Å². The first-order valence-corrected chi connectivity index (χ1v) is 7.49. The molecule has 0 radical (unpaired) electrons.